The maximum Gasteiger partial charge on any atom is 0.408 e. The molecule has 0 saturated carbocycles. The molecule has 0 saturated heterocycles. The summed E-state index contributed by atoms with van der Waals surface area (Å²) in [5.74, 6) is -1.24. The summed E-state index contributed by atoms with van der Waals surface area (Å²) < 4.78 is 9.94. The number of carbonyl (C=O) groups excluding carboxylic acids is 2. The molecule has 1 atom stereocenters. The highest BCUT2D eigenvalue weighted by Crippen LogP contribution is 2.14. The Hall–Kier alpha value is -2.57. The Kier molecular flexibility index (Phi) is 6.12. The standard InChI is InChI=1S/C16H21NO6/c1-10(18)22-12-7-5-11(6-8-12)9-13(14(19)20)17-15(21)23-16(2,3)4/h5-8,13H,9H2,1-4H3,(H,17,21)(H,19,20)/t13-/m0/s1. The molecule has 0 aliphatic carbocycles. The molecule has 126 valence electrons. The Morgan fingerprint density at radius 2 is 1.74 bits per heavy atom. The third kappa shape index (κ3) is 7.30. The zero-order valence-corrected chi connectivity index (χ0v) is 13.6. The van der Waals surface area contributed by atoms with Crippen molar-refractivity contribution in [2.45, 2.75) is 45.8 Å². The first-order valence-electron chi connectivity index (χ1n) is 7.06. The van der Waals surface area contributed by atoms with Gasteiger partial charge in [-0.05, 0) is 38.5 Å². The Morgan fingerprint density at radius 3 is 2.17 bits per heavy atom. The summed E-state index contributed by atoms with van der Waals surface area (Å²) >= 11 is 0. The molecule has 7 nitrogen and oxygen atoms in total. The van der Waals surface area contributed by atoms with Crippen LogP contribution in [-0.2, 0) is 20.7 Å². The first-order valence-corrected chi connectivity index (χ1v) is 7.06. The minimum absolute atomic E-state index is 0.0783. The van der Waals surface area contributed by atoms with Crippen molar-refractivity contribution in [1.82, 2.24) is 5.32 Å². The van der Waals surface area contributed by atoms with Gasteiger partial charge in [-0.15, -0.1) is 0 Å². The largest absolute Gasteiger partial charge is 0.480 e. The quantitative estimate of drug-likeness (QED) is 0.636. The van der Waals surface area contributed by atoms with Gasteiger partial charge in [-0.25, -0.2) is 9.59 Å². The number of aliphatic carboxylic acids is 1. The van der Waals surface area contributed by atoms with Crippen molar-refractivity contribution in [3.8, 4) is 5.75 Å². The molecule has 0 aliphatic rings. The smallest absolute Gasteiger partial charge is 0.408 e. The Labute approximate surface area is 134 Å². The van der Waals surface area contributed by atoms with Gasteiger partial charge >= 0.3 is 18.0 Å². The zero-order valence-electron chi connectivity index (χ0n) is 13.6. The van der Waals surface area contributed by atoms with E-state index in [1.165, 1.54) is 6.92 Å². The van der Waals surface area contributed by atoms with Crippen LogP contribution in [0, 0.1) is 0 Å². The van der Waals surface area contributed by atoms with Crippen LogP contribution in [0.5, 0.6) is 5.75 Å². The van der Waals surface area contributed by atoms with E-state index in [0.717, 1.165) is 0 Å². The number of carbonyl (C=O) groups is 3. The average Bonchev–Trinajstić information content (AvgIpc) is 2.37. The SMILES string of the molecule is CC(=O)Oc1ccc(C[C@H](NC(=O)OC(C)(C)C)C(=O)O)cc1. The number of hydrogen-bond acceptors (Lipinski definition) is 5. The number of esters is 1. The molecule has 0 unspecified atom stereocenters. The maximum atomic E-state index is 11.7. The van der Waals surface area contributed by atoms with E-state index in [-0.39, 0.29) is 6.42 Å². The zero-order chi connectivity index (χ0) is 17.6. The van der Waals surface area contributed by atoms with Crippen molar-refractivity contribution < 1.29 is 29.0 Å². The van der Waals surface area contributed by atoms with Crippen LogP contribution in [0.2, 0.25) is 0 Å². The molecule has 1 rings (SSSR count). The number of carboxylic acids is 1. The number of rotatable bonds is 5. The van der Waals surface area contributed by atoms with Gasteiger partial charge in [0.15, 0.2) is 0 Å². The monoisotopic (exact) mass is 323 g/mol. The van der Waals surface area contributed by atoms with Gasteiger partial charge in [0.2, 0.25) is 0 Å². The molecule has 0 aliphatic heterocycles. The fourth-order valence-electron chi connectivity index (χ4n) is 1.75. The van der Waals surface area contributed by atoms with E-state index < -0.39 is 29.7 Å². The summed E-state index contributed by atoms with van der Waals surface area (Å²) in [6.07, 6.45) is -0.712. The number of hydrogen-bond donors (Lipinski definition) is 2. The van der Waals surface area contributed by atoms with Crippen LogP contribution >= 0.6 is 0 Å². The molecule has 0 aromatic heterocycles. The minimum Gasteiger partial charge on any atom is -0.480 e. The van der Waals surface area contributed by atoms with E-state index in [1.807, 2.05) is 0 Å². The van der Waals surface area contributed by atoms with Gasteiger partial charge in [-0.2, -0.15) is 0 Å². The lowest BCUT2D eigenvalue weighted by molar-refractivity contribution is -0.139. The van der Waals surface area contributed by atoms with Gasteiger partial charge in [0.05, 0.1) is 0 Å². The van der Waals surface area contributed by atoms with Crippen LogP contribution in [0.15, 0.2) is 24.3 Å². The summed E-state index contributed by atoms with van der Waals surface area (Å²) in [6, 6.07) is 5.26. The molecule has 1 aromatic carbocycles. The van der Waals surface area contributed by atoms with Crippen molar-refractivity contribution in [3.05, 3.63) is 29.8 Å². The molecule has 1 amide bonds. The number of benzene rings is 1. The number of ether oxygens (including phenoxy) is 2. The van der Waals surface area contributed by atoms with E-state index >= 15 is 0 Å². The summed E-state index contributed by atoms with van der Waals surface area (Å²) in [5, 5.41) is 11.5. The molecule has 0 spiro atoms. The first-order chi connectivity index (χ1) is 10.6. The molecule has 0 heterocycles. The Morgan fingerprint density at radius 1 is 1.17 bits per heavy atom. The van der Waals surface area contributed by atoms with E-state index in [0.29, 0.717) is 11.3 Å². The Balaban J connectivity index is 2.71. The van der Waals surface area contributed by atoms with Crippen LogP contribution in [0.3, 0.4) is 0 Å². The minimum atomic E-state index is -1.17. The molecule has 23 heavy (non-hydrogen) atoms. The first kappa shape index (κ1) is 18.5. The number of amides is 1. The van der Waals surface area contributed by atoms with Crippen LogP contribution in [0.25, 0.3) is 0 Å². The summed E-state index contributed by atoms with van der Waals surface area (Å²) in [5.41, 5.74) is -0.0388. The topological polar surface area (TPSA) is 102 Å². The molecule has 0 fully saturated rings. The summed E-state index contributed by atoms with van der Waals surface area (Å²) in [6.45, 7) is 6.36. The third-order valence-electron chi connectivity index (χ3n) is 2.61. The van der Waals surface area contributed by atoms with Gasteiger partial charge < -0.3 is 19.9 Å². The van der Waals surface area contributed by atoms with Gasteiger partial charge in [0, 0.05) is 13.3 Å². The van der Waals surface area contributed by atoms with Gasteiger partial charge in [0.25, 0.3) is 0 Å². The normalized spacial score (nSPS) is 12.2. The van der Waals surface area contributed by atoms with Crippen molar-refractivity contribution in [2.24, 2.45) is 0 Å². The fourth-order valence-corrected chi connectivity index (χ4v) is 1.75. The van der Waals surface area contributed by atoms with Crippen LogP contribution < -0.4 is 10.1 Å². The second-order valence-electron chi connectivity index (χ2n) is 5.98. The maximum absolute atomic E-state index is 11.7. The summed E-state index contributed by atoms with van der Waals surface area (Å²) in [7, 11) is 0. The van der Waals surface area contributed by atoms with Crippen LogP contribution in [-0.4, -0.2) is 34.8 Å². The molecular formula is C16H21NO6. The van der Waals surface area contributed by atoms with Crippen molar-refractivity contribution in [3.63, 3.8) is 0 Å². The Bertz CT molecular complexity index is 573. The molecule has 0 bridgehead atoms. The van der Waals surface area contributed by atoms with E-state index in [4.69, 9.17) is 9.47 Å². The molecule has 0 radical (unpaired) electrons. The van der Waals surface area contributed by atoms with Gasteiger partial charge in [0.1, 0.15) is 17.4 Å². The predicted molar refractivity (Wildman–Crippen MR) is 82.2 cm³/mol. The number of carboxylic acid groups (broad SMARTS) is 1. The van der Waals surface area contributed by atoms with Crippen molar-refractivity contribution >= 4 is 18.0 Å². The summed E-state index contributed by atoms with van der Waals surface area (Å²) in [4.78, 5) is 33.8. The average molecular weight is 323 g/mol. The number of nitrogens with one attached hydrogen (secondary N) is 1. The van der Waals surface area contributed by atoms with Gasteiger partial charge in [-0.1, -0.05) is 12.1 Å². The highest BCUT2D eigenvalue weighted by atomic mass is 16.6. The molecular weight excluding hydrogens is 302 g/mol. The lowest BCUT2D eigenvalue weighted by Gasteiger charge is -2.22. The molecule has 7 heteroatoms. The third-order valence-corrected chi connectivity index (χ3v) is 2.61. The second kappa shape index (κ2) is 7.62. The van der Waals surface area contributed by atoms with Crippen LogP contribution in [0.4, 0.5) is 4.79 Å². The van der Waals surface area contributed by atoms with E-state index in [2.05, 4.69) is 5.32 Å². The predicted octanol–water partition coefficient (Wildman–Crippen LogP) is 2.13. The lowest BCUT2D eigenvalue weighted by atomic mass is 10.1. The second-order valence-corrected chi connectivity index (χ2v) is 5.98. The van der Waals surface area contributed by atoms with Crippen LogP contribution in [0.1, 0.15) is 33.3 Å². The molecule has 1 aromatic rings. The van der Waals surface area contributed by atoms with Gasteiger partial charge in [-0.3, -0.25) is 4.79 Å². The highest BCUT2D eigenvalue weighted by Gasteiger charge is 2.24. The lowest BCUT2D eigenvalue weighted by Crippen LogP contribution is -2.44. The van der Waals surface area contributed by atoms with Crippen molar-refractivity contribution in [1.29, 1.82) is 0 Å². The molecule has 2 N–H and O–H groups in total. The van der Waals surface area contributed by atoms with Crippen molar-refractivity contribution in [2.75, 3.05) is 0 Å². The highest BCUT2D eigenvalue weighted by molar-refractivity contribution is 5.80. The fraction of sp³-hybridized carbons (Fsp3) is 0.438. The van der Waals surface area contributed by atoms with E-state index in [1.54, 1.807) is 45.0 Å². The van der Waals surface area contributed by atoms with E-state index in [9.17, 15) is 19.5 Å². The number of alkyl carbamates (subject to hydrolysis) is 1.